The van der Waals surface area contributed by atoms with Crippen molar-refractivity contribution >= 4 is 11.8 Å². The molecule has 0 aromatic heterocycles. The van der Waals surface area contributed by atoms with Crippen LogP contribution >= 0.6 is 11.8 Å². The Labute approximate surface area is 101 Å². The lowest BCUT2D eigenvalue weighted by Crippen LogP contribution is -2.26. The largest absolute Gasteiger partial charge is 0.316 e. The van der Waals surface area contributed by atoms with Gasteiger partial charge in [-0.2, -0.15) is 11.8 Å². The maximum atomic E-state index is 3.59. The number of thioether (sulfide) groups is 1. The fraction of sp³-hybridized carbons (Fsp3) is 1.00. The SMILES string of the molecule is CCCC(CCCSC)CNCC(C)C. The van der Waals surface area contributed by atoms with E-state index >= 15 is 0 Å². The van der Waals surface area contributed by atoms with Crippen molar-refractivity contribution in [2.24, 2.45) is 11.8 Å². The van der Waals surface area contributed by atoms with Crippen molar-refractivity contribution in [2.75, 3.05) is 25.1 Å². The quantitative estimate of drug-likeness (QED) is 0.574. The highest BCUT2D eigenvalue weighted by atomic mass is 32.2. The van der Waals surface area contributed by atoms with E-state index in [1.54, 1.807) is 0 Å². The number of hydrogen-bond donors (Lipinski definition) is 1. The van der Waals surface area contributed by atoms with Crippen LogP contribution in [0, 0.1) is 11.8 Å². The summed E-state index contributed by atoms with van der Waals surface area (Å²) in [5, 5.41) is 3.59. The monoisotopic (exact) mass is 231 g/mol. The van der Waals surface area contributed by atoms with Gasteiger partial charge < -0.3 is 5.32 Å². The van der Waals surface area contributed by atoms with Crippen molar-refractivity contribution in [2.45, 2.75) is 46.5 Å². The van der Waals surface area contributed by atoms with Gasteiger partial charge in [-0.3, -0.25) is 0 Å². The van der Waals surface area contributed by atoms with Crippen molar-refractivity contribution in [3.8, 4) is 0 Å². The standard InChI is InChI=1S/C13H29NS/c1-5-7-13(8-6-9-15-4)11-14-10-12(2)3/h12-14H,5-11H2,1-4H3. The average molecular weight is 231 g/mol. The third-order valence-electron chi connectivity index (χ3n) is 2.64. The first-order valence-electron chi connectivity index (χ1n) is 6.40. The summed E-state index contributed by atoms with van der Waals surface area (Å²) in [5.74, 6) is 3.00. The fourth-order valence-corrected chi connectivity index (χ4v) is 2.30. The first-order valence-corrected chi connectivity index (χ1v) is 7.79. The van der Waals surface area contributed by atoms with Gasteiger partial charge >= 0.3 is 0 Å². The molecule has 0 heterocycles. The maximum Gasteiger partial charge on any atom is -0.00204 e. The van der Waals surface area contributed by atoms with Crippen LogP contribution in [0.3, 0.4) is 0 Å². The summed E-state index contributed by atoms with van der Waals surface area (Å²) in [6.07, 6.45) is 7.70. The van der Waals surface area contributed by atoms with Gasteiger partial charge in [-0.05, 0) is 56.2 Å². The molecule has 0 amide bonds. The Bertz CT molecular complexity index is 126. The van der Waals surface area contributed by atoms with Crippen LogP contribution in [0.5, 0.6) is 0 Å². The molecule has 92 valence electrons. The van der Waals surface area contributed by atoms with Crippen LogP contribution in [0.25, 0.3) is 0 Å². The molecular formula is C13H29NS. The van der Waals surface area contributed by atoms with Gasteiger partial charge in [-0.15, -0.1) is 0 Å². The normalized spacial score (nSPS) is 13.4. The molecule has 1 N–H and O–H groups in total. The minimum atomic E-state index is 0.776. The average Bonchev–Trinajstić information content (AvgIpc) is 2.17. The molecule has 1 unspecified atom stereocenters. The Hall–Kier alpha value is 0.310. The van der Waals surface area contributed by atoms with E-state index in [0.29, 0.717) is 0 Å². The van der Waals surface area contributed by atoms with Gasteiger partial charge in [0, 0.05) is 0 Å². The van der Waals surface area contributed by atoms with E-state index in [2.05, 4.69) is 32.3 Å². The third kappa shape index (κ3) is 10.6. The Kier molecular flexibility index (Phi) is 11.0. The molecule has 0 saturated carbocycles. The first-order chi connectivity index (χ1) is 7.20. The summed E-state index contributed by atoms with van der Waals surface area (Å²) < 4.78 is 0. The van der Waals surface area contributed by atoms with Gasteiger partial charge in [-0.1, -0.05) is 27.2 Å². The van der Waals surface area contributed by atoms with Crippen LogP contribution in [-0.2, 0) is 0 Å². The number of rotatable bonds is 10. The van der Waals surface area contributed by atoms with Gasteiger partial charge in [-0.25, -0.2) is 0 Å². The number of nitrogens with one attached hydrogen (secondary N) is 1. The predicted molar refractivity (Wildman–Crippen MR) is 73.7 cm³/mol. The molecule has 0 aliphatic rings. The fourth-order valence-electron chi connectivity index (χ4n) is 1.85. The topological polar surface area (TPSA) is 12.0 Å². The molecule has 1 nitrogen and oxygen atoms in total. The van der Waals surface area contributed by atoms with E-state index in [1.807, 2.05) is 11.8 Å². The second kappa shape index (κ2) is 10.8. The Morgan fingerprint density at radius 1 is 1.13 bits per heavy atom. The first kappa shape index (κ1) is 15.3. The second-order valence-corrected chi connectivity index (χ2v) is 5.83. The zero-order valence-electron chi connectivity index (χ0n) is 11.0. The Balaban J connectivity index is 3.53. The lowest BCUT2D eigenvalue weighted by Gasteiger charge is -2.17. The Morgan fingerprint density at radius 2 is 1.87 bits per heavy atom. The molecule has 15 heavy (non-hydrogen) atoms. The molecule has 0 bridgehead atoms. The summed E-state index contributed by atoms with van der Waals surface area (Å²) >= 11 is 1.97. The summed E-state index contributed by atoms with van der Waals surface area (Å²) in [4.78, 5) is 0. The second-order valence-electron chi connectivity index (χ2n) is 4.84. The van der Waals surface area contributed by atoms with E-state index in [-0.39, 0.29) is 0 Å². The molecule has 0 fully saturated rings. The highest BCUT2D eigenvalue weighted by Crippen LogP contribution is 2.14. The van der Waals surface area contributed by atoms with Gasteiger partial charge in [0.1, 0.15) is 0 Å². The molecule has 0 aromatic carbocycles. The summed E-state index contributed by atoms with van der Waals surface area (Å²) in [5.41, 5.74) is 0. The van der Waals surface area contributed by atoms with E-state index in [1.165, 1.54) is 44.5 Å². The highest BCUT2D eigenvalue weighted by molar-refractivity contribution is 7.98. The lowest BCUT2D eigenvalue weighted by molar-refractivity contribution is 0.398. The predicted octanol–water partition coefficient (Wildman–Crippen LogP) is 3.79. The van der Waals surface area contributed by atoms with Gasteiger partial charge in [0.25, 0.3) is 0 Å². The molecule has 0 spiro atoms. The van der Waals surface area contributed by atoms with Crippen LogP contribution in [-0.4, -0.2) is 25.1 Å². The minimum Gasteiger partial charge on any atom is -0.316 e. The van der Waals surface area contributed by atoms with E-state index in [4.69, 9.17) is 0 Å². The van der Waals surface area contributed by atoms with E-state index < -0.39 is 0 Å². The van der Waals surface area contributed by atoms with Crippen molar-refractivity contribution in [1.29, 1.82) is 0 Å². The molecule has 0 aliphatic carbocycles. The van der Waals surface area contributed by atoms with Crippen LogP contribution < -0.4 is 5.32 Å². The zero-order chi connectivity index (χ0) is 11.5. The van der Waals surface area contributed by atoms with Crippen molar-refractivity contribution in [3.05, 3.63) is 0 Å². The van der Waals surface area contributed by atoms with Gasteiger partial charge in [0.15, 0.2) is 0 Å². The minimum absolute atomic E-state index is 0.776. The van der Waals surface area contributed by atoms with Crippen LogP contribution in [0.15, 0.2) is 0 Å². The maximum absolute atomic E-state index is 3.59. The summed E-state index contributed by atoms with van der Waals surface area (Å²) in [6, 6.07) is 0. The lowest BCUT2D eigenvalue weighted by atomic mass is 9.98. The highest BCUT2D eigenvalue weighted by Gasteiger charge is 2.07. The van der Waals surface area contributed by atoms with Crippen LogP contribution in [0.2, 0.25) is 0 Å². The van der Waals surface area contributed by atoms with Crippen LogP contribution in [0.1, 0.15) is 46.5 Å². The molecule has 0 rings (SSSR count). The zero-order valence-corrected chi connectivity index (χ0v) is 11.8. The molecule has 0 radical (unpaired) electrons. The van der Waals surface area contributed by atoms with Crippen molar-refractivity contribution in [1.82, 2.24) is 5.32 Å². The molecule has 0 aromatic rings. The van der Waals surface area contributed by atoms with Crippen molar-refractivity contribution in [3.63, 3.8) is 0 Å². The smallest absolute Gasteiger partial charge is 0.00204 e. The van der Waals surface area contributed by atoms with E-state index in [0.717, 1.165) is 11.8 Å². The molecular weight excluding hydrogens is 202 g/mol. The molecule has 1 atom stereocenters. The summed E-state index contributed by atoms with van der Waals surface area (Å²) in [7, 11) is 0. The van der Waals surface area contributed by atoms with E-state index in [9.17, 15) is 0 Å². The number of hydrogen-bond acceptors (Lipinski definition) is 2. The molecule has 0 saturated heterocycles. The molecule has 2 heteroatoms. The Morgan fingerprint density at radius 3 is 2.40 bits per heavy atom. The summed E-state index contributed by atoms with van der Waals surface area (Å²) in [6.45, 7) is 9.23. The van der Waals surface area contributed by atoms with Crippen molar-refractivity contribution < 1.29 is 0 Å². The van der Waals surface area contributed by atoms with Gasteiger partial charge in [0.05, 0.1) is 0 Å². The van der Waals surface area contributed by atoms with Gasteiger partial charge in [0.2, 0.25) is 0 Å². The molecule has 0 aliphatic heterocycles. The van der Waals surface area contributed by atoms with Crippen LogP contribution in [0.4, 0.5) is 0 Å². The third-order valence-corrected chi connectivity index (χ3v) is 3.34.